The number of nitriles is 1. The van der Waals surface area contributed by atoms with E-state index in [1.54, 1.807) is 12.1 Å². The number of benzene rings is 5. The van der Waals surface area contributed by atoms with E-state index < -0.39 is 0 Å². The van der Waals surface area contributed by atoms with Crippen LogP contribution >= 0.6 is 11.6 Å². The van der Waals surface area contributed by atoms with Gasteiger partial charge in [-0.2, -0.15) is 5.26 Å². The van der Waals surface area contributed by atoms with Gasteiger partial charge in [-0.3, -0.25) is 0 Å². The van der Waals surface area contributed by atoms with Gasteiger partial charge in [0, 0.05) is 27.3 Å². The van der Waals surface area contributed by atoms with Gasteiger partial charge in [0.25, 0.3) is 0 Å². The number of hydrogen-bond acceptors (Lipinski definition) is 4. The lowest BCUT2D eigenvalue weighted by Gasteiger charge is -2.13. The summed E-state index contributed by atoms with van der Waals surface area (Å²) in [6.07, 6.45) is 0. The average molecular weight is 521 g/mol. The smallest absolute Gasteiger partial charge is 0.164 e. The van der Waals surface area contributed by atoms with Crippen molar-refractivity contribution in [3.05, 3.63) is 138 Å². The molecule has 0 saturated heterocycles. The molecule has 4 nitrogen and oxygen atoms in total. The molecule has 6 rings (SSSR count). The Balaban J connectivity index is 1.51. The number of halogens is 1. The number of aromatic nitrogens is 3. The van der Waals surface area contributed by atoms with Crippen LogP contribution in [0.5, 0.6) is 0 Å². The molecule has 184 valence electrons. The molecular weight excluding hydrogens is 500 g/mol. The predicted octanol–water partition coefficient (Wildman–Crippen LogP) is 8.73. The second-order valence-corrected chi connectivity index (χ2v) is 9.40. The SMILES string of the molecule is N#Cc1ccc(Cl)cc1-c1ccccc1-c1cccc(-c2nc(-c3ccccc3)nc(-c3ccccc3)n2)c1. The first-order valence-electron chi connectivity index (χ1n) is 12.5. The molecule has 0 aliphatic heterocycles. The van der Waals surface area contributed by atoms with Gasteiger partial charge in [0.05, 0.1) is 11.6 Å². The van der Waals surface area contributed by atoms with Crippen molar-refractivity contribution in [2.75, 3.05) is 0 Å². The third kappa shape index (κ3) is 5.04. The summed E-state index contributed by atoms with van der Waals surface area (Å²) in [5, 5.41) is 10.3. The van der Waals surface area contributed by atoms with Gasteiger partial charge in [-0.25, -0.2) is 15.0 Å². The summed E-state index contributed by atoms with van der Waals surface area (Å²) in [5.41, 5.74) is 6.97. The van der Waals surface area contributed by atoms with Crippen molar-refractivity contribution in [3.8, 4) is 62.5 Å². The van der Waals surface area contributed by atoms with Crippen LogP contribution in [0, 0.1) is 11.3 Å². The topological polar surface area (TPSA) is 62.5 Å². The van der Waals surface area contributed by atoms with Gasteiger partial charge in [-0.15, -0.1) is 0 Å². The Bertz CT molecular complexity index is 1770. The van der Waals surface area contributed by atoms with Gasteiger partial charge < -0.3 is 0 Å². The van der Waals surface area contributed by atoms with Crippen LogP contribution in [0.4, 0.5) is 0 Å². The van der Waals surface area contributed by atoms with Crippen molar-refractivity contribution < 1.29 is 0 Å². The van der Waals surface area contributed by atoms with E-state index in [1.807, 2.05) is 97.1 Å². The van der Waals surface area contributed by atoms with E-state index in [-0.39, 0.29) is 0 Å². The van der Waals surface area contributed by atoms with E-state index in [1.165, 1.54) is 0 Å². The molecule has 0 unspecified atom stereocenters. The van der Waals surface area contributed by atoms with Crippen molar-refractivity contribution in [1.82, 2.24) is 15.0 Å². The second-order valence-electron chi connectivity index (χ2n) is 8.97. The highest BCUT2D eigenvalue weighted by atomic mass is 35.5. The van der Waals surface area contributed by atoms with Crippen LogP contribution in [0.2, 0.25) is 5.02 Å². The minimum atomic E-state index is 0.570. The van der Waals surface area contributed by atoms with E-state index in [9.17, 15) is 5.26 Å². The fourth-order valence-electron chi connectivity index (χ4n) is 4.57. The third-order valence-corrected chi connectivity index (χ3v) is 6.69. The standard InChI is InChI=1S/C34H21ClN4/c35-28-19-18-27(22-36)31(21-28)30-17-8-7-16-29(30)25-14-9-15-26(20-25)34-38-32(23-10-3-1-4-11-23)37-33(39-34)24-12-5-2-6-13-24/h1-21H. The molecule has 0 aliphatic carbocycles. The van der Waals surface area contributed by atoms with E-state index in [4.69, 9.17) is 26.6 Å². The van der Waals surface area contributed by atoms with Crippen molar-refractivity contribution in [2.45, 2.75) is 0 Å². The van der Waals surface area contributed by atoms with Crippen LogP contribution in [-0.2, 0) is 0 Å². The molecule has 39 heavy (non-hydrogen) atoms. The molecule has 0 fully saturated rings. The van der Waals surface area contributed by atoms with Gasteiger partial charge in [0.2, 0.25) is 0 Å². The van der Waals surface area contributed by atoms with Crippen LogP contribution in [0.3, 0.4) is 0 Å². The molecule has 0 atom stereocenters. The van der Waals surface area contributed by atoms with Gasteiger partial charge in [-0.1, -0.05) is 115 Å². The lowest BCUT2D eigenvalue weighted by atomic mass is 9.91. The van der Waals surface area contributed by atoms with Gasteiger partial charge in [0.1, 0.15) is 0 Å². The third-order valence-electron chi connectivity index (χ3n) is 6.45. The van der Waals surface area contributed by atoms with Crippen LogP contribution < -0.4 is 0 Å². The molecule has 0 spiro atoms. The summed E-state index contributed by atoms with van der Waals surface area (Å²) in [6.45, 7) is 0. The molecule has 1 aromatic heterocycles. The maximum atomic E-state index is 9.75. The Labute approximate surface area is 231 Å². The fourth-order valence-corrected chi connectivity index (χ4v) is 4.74. The zero-order valence-corrected chi connectivity index (χ0v) is 21.5. The zero-order chi connectivity index (χ0) is 26.6. The Morgan fingerprint density at radius 2 is 0.974 bits per heavy atom. The first kappa shape index (κ1) is 24.2. The molecule has 6 aromatic rings. The summed E-state index contributed by atoms with van der Waals surface area (Å²) in [6, 6.07) is 43.6. The van der Waals surface area contributed by atoms with Crippen LogP contribution in [0.25, 0.3) is 56.4 Å². The number of hydrogen-bond donors (Lipinski definition) is 0. The Kier molecular flexibility index (Phi) is 6.66. The van der Waals surface area contributed by atoms with E-state index in [0.717, 1.165) is 38.9 Å². The lowest BCUT2D eigenvalue weighted by molar-refractivity contribution is 1.07. The molecule has 5 heteroatoms. The maximum absolute atomic E-state index is 9.75. The molecule has 1 heterocycles. The summed E-state index contributed by atoms with van der Waals surface area (Å²) < 4.78 is 0. The van der Waals surface area contributed by atoms with Crippen molar-refractivity contribution >= 4 is 11.6 Å². The maximum Gasteiger partial charge on any atom is 0.164 e. The second kappa shape index (κ2) is 10.7. The Morgan fingerprint density at radius 3 is 1.59 bits per heavy atom. The normalized spacial score (nSPS) is 10.7. The van der Waals surface area contributed by atoms with E-state index >= 15 is 0 Å². The van der Waals surface area contributed by atoms with Crippen molar-refractivity contribution in [2.24, 2.45) is 0 Å². The molecule has 5 aromatic carbocycles. The van der Waals surface area contributed by atoms with Crippen molar-refractivity contribution in [1.29, 1.82) is 5.26 Å². The minimum absolute atomic E-state index is 0.570. The fraction of sp³-hybridized carbons (Fsp3) is 0. The largest absolute Gasteiger partial charge is 0.208 e. The molecule has 0 aliphatic rings. The van der Waals surface area contributed by atoms with Crippen LogP contribution in [-0.4, -0.2) is 15.0 Å². The Morgan fingerprint density at radius 1 is 0.462 bits per heavy atom. The molecule has 0 amide bonds. The highest BCUT2D eigenvalue weighted by Gasteiger charge is 2.15. The molecule has 0 bridgehead atoms. The summed E-state index contributed by atoms with van der Waals surface area (Å²) in [5.74, 6) is 1.81. The van der Waals surface area contributed by atoms with Gasteiger partial charge in [-0.05, 0) is 41.0 Å². The summed E-state index contributed by atoms with van der Waals surface area (Å²) in [7, 11) is 0. The first-order chi connectivity index (χ1) is 19.2. The molecular formula is C34H21ClN4. The Hall–Kier alpha value is -5.11. The summed E-state index contributed by atoms with van der Waals surface area (Å²) >= 11 is 6.33. The highest BCUT2D eigenvalue weighted by Crippen LogP contribution is 2.36. The quantitative estimate of drug-likeness (QED) is 0.228. The monoisotopic (exact) mass is 520 g/mol. The van der Waals surface area contributed by atoms with Crippen LogP contribution in [0.1, 0.15) is 5.56 Å². The van der Waals surface area contributed by atoms with E-state index in [0.29, 0.717) is 28.1 Å². The van der Waals surface area contributed by atoms with E-state index in [2.05, 4.69) is 24.3 Å². The number of nitrogens with zero attached hydrogens (tertiary/aromatic N) is 4. The molecule has 0 radical (unpaired) electrons. The minimum Gasteiger partial charge on any atom is -0.208 e. The van der Waals surface area contributed by atoms with Crippen LogP contribution in [0.15, 0.2) is 127 Å². The average Bonchev–Trinajstić information content (AvgIpc) is 3.02. The zero-order valence-electron chi connectivity index (χ0n) is 20.8. The van der Waals surface area contributed by atoms with Crippen molar-refractivity contribution in [3.63, 3.8) is 0 Å². The lowest BCUT2D eigenvalue weighted by Crippen LogP contribution is -2.00. The first-order valence-corrected chi connectivity index (χ1v) is 12.8. The summed E-state index contributed by atoms with van der Waals surface area (Å²) in [4.78, 5) is 14.5. The predicted molar refractivity (Wildman–Crippen MR) is 157 cm³/mol. The number of rotatable bonds is 5. The van der Waals surface area contributed by atoms with Gasteiger partial charge in [0.15, 0.2) is 17.5 Å². The molecule has 0 saturated carbocycles. The molecule has 0 N–H and O–H groups in total. The highest BCUT2D eigenvalue weighted by molar-refractivity contribution is 6.31. The van der Waals surface area contributed by atoms with Gasteiger partial charge >= 0.3 is 0 Å².